The Bertz CT molecular complexity index is 811. The van der Waals surface area contributed by atoms with E-state index in [-0.39, 0.29) is 6.42 Å². The minimum Gasteiger partial charge on any atom is -0.467 e. The van der Waals surface area contributed by atoms with Crippen molar-refractivity contribution < 1.29 is 31.9 Å². The van der Waals surface area contributed by atoms with Crippen LogP contribution in [0, 0.1) is 30.2 Å². The second-order valence-electron chi connectivity index (χ2n) is 5.49. The van der Waals surface area contributed by atoms with Gasteiger partial charge in [0, 0.05) is 12.0 Å². The van der Waals surface area contributed by atoms with Gasteiger partial charge < -0.3 is 10.1 Å². The van der Waals surface area contributed by atoms with Gasteiger partial charge in [-0.25, -0.2) is 22.4 Å². The molecule has 4 nitrogen and oxygen atoms in total. The Kier molecular flexibility index (Phi) is 5.97. The Morgan fingerprint density at radius 1 is 1.00 bits per heavy atom. The van der Waals surface area contributed by atoms with Crippen molar-refractivity contribution in [2.24, 2.45) is 0 Å². The lowest BCUT2D eigenvalue weighted by molar-refractivity contribution is -0.142. The van der Waals surface area contributed by atoms with Gasteiger partial charge in [-0.2, -0.15) is 0 Å². The highest BCUT2D eigenvalue weighted by Gasteiger charge is 2.30. The van der Waals surface area contributed by atoms with Gasteiger partial charge in [0.1, 0.15) is 11.6 Å². The highest BCUT2D eigenvalue weighted by Crippen LogP contribution is 2.23. The molecular weight excluding hydrogens is 354 g/mol. The average molecular weight is 369 g/mol. The van der Waals surface area contributed by atoms with E-state index in [9.17, 15) is 27.2 Å². The van der Waals surface area contributed by atoms with Gasteiger partial charge in [0.15, 0.2) is 23.3 Å². The van der Waals surface area contributed by atoms with Crippen molar-refractivity contribution in [1.29, 1.82) is 0 Å². The maximum Gasteiger partial charge on any atom is 0.328 e. The van der Waals surface area contributed by atoms with Gasteiger partial charge in [0.2, 0.25) is 0 Å². The van der Waals surface area contributed by atoms with Gasteiger partial charge in [-0.05, 0) is 12.5 Å². The predicted molar refractivity (Wildman–Crippen MR) is 84.4 cm³/mol. The number of hydrogen-bond donors (Lipinski definition) is 1. The zero-order chi connectivity index (χ0) is 19.4. The molecule has 0 aliphatic carbocycles. The number of nitrogens with one attached hydrogen (secondary N) is 1. The van der Waals surface area contributed by atoms with E-state index < -0.39 is 52.3 Å². The molecule has 1 atom stereocenters. The molecule has 1 amide bonds. The highest BCUT2D eigenvalue weighted by atomic mass is 19.2. The third-order valence-electron chi connectivity index (χ3n) is 3.78. The van der Waals surface area contributed by atoms with Crippen LogP contribution in [0.2, 0.25) is 0 Å². The molecule has 1 N–H and O–H groups in total. The number of carbonyl (C=O) groups is 2. The standard InChI is InChI=1S/C18H15F4NO3/c1-9-13(19)15(21)12(16(22)14(9)20)17(24)23-11(18(25)26-2)8-10-6-4-3-5-7-10/h3-7,11H,8H2,1-2H3,(H,23,24)/t11-/m0/s1. The Balaban J connectivity index is 2.35. The first-order valence-electron chi connectivity index (χ1n) is 7.53. The maximum atomic E-state index is 14.0. The lowest BCUT2D eigenvalue weighted by atomic mass is 10.0. The summed E-state index contributed by atoms with van der Waals surface area (Å²) < 4.78 is 59.8. The number of ether oxygens (including phenoxy) is 1. The molecule has 0 aliphatic rings. The van der Waals surface area contributed by atoms with E-state index in [1.807, 2.05) is 0 Å². The molecule has 0 saturated heterocycles. The van der Waals surface area contributed by atoms with Gasteiger partial charge in [-0.3, -0.25) is 4.79 Å². The molecule has 0 spiro atoms. The summed E-state index contributed by atoms with van der Waals surface area (Å²) in [6.07, 6.45) is -0.0423. The molecule has 0 heterocycles. The molecule has 138 valence electrons. The number of methoxy groups -OCH3 is 1. The zero-order valence-electron chi connectivity index (χ0n) is 13.9. The SMILES string of the molecule is COC(=O)[C@H](Cc1ccccc1)NC(=O)c1c(F)c(F)c(C)c(F)c1F. The summed E-state index contributed by atoms with van der Waals surface area (Å²) in [7, 11) is 1.07. The first kappa shape index (κ1) is 19.4. The van der Waals surface area contributed by atoms with Gasteiger partial charge in [-0.15, -0.1) is 0 Å². The van der Waals surface area contributed by atoms with Crippen LogP contribution in [0.1, 0.15) is 21.5 Å². The van der Waals surface area contributed by atoms with Crippen LogP contribution in [0.4, 0.5) is 17.6 Å². The molecule has 0 unspecified atom stereocenters. The van der Waals surface area contributed by atoms with Gasteiger partial charge >= 0.3 is 5.97 Å². The van der Waals surface area contributed by atoms with E-state index in [0.29, 0.717) is 5.56 Å². The van der Waals surface area contributed by atoms with Crippen molar-refractivity contribution in [1.82, 2.24) is 5.32 Å². The van der Waals surface area contributed by atoms with Crippen LogP contribution >= 0.6 is 0 Å². The molecule has 0 bridgehead atoms. The van der Waals surface area contributed by atoms with Crippen LogP contribution in [0.25, 0.3) is 0 Å². The molecule has 0 saturated carbocycles. The molecule has 26 heavy (non-hydrogen) atoms. The quantitative estimate of drug-likeness (QED) is 0.501. The fourth-order valence-corrected chi connectivity index (χ4v) is 2.36. The number of halogens is 4. The van der Waals surface area contributed by atoms with Crippen LogP contribution in [-0.4, -0.2) is 25.0 Å². The summed E-state index contributed by atoms with van der Waals surface area (Å²) in [6.45, 7) is 0.838. The zero-order valence-corrected chi connectivity index (χ0v) is 13.9. The number of amides is 1. The van der Waals surface area contributed by atoms with Gasteiger partial charge in [0.25, 0.3) is 5.91 Å². The molecule has 8 heteroatoms. The number of rotatable bonds is 5. The van der Waals surface area contributed by atoms with E-state index in [0.717, 1.165) is 14.0 Å². The van der Waals surface area contributed by atoms with Crippen molar-refractivity contribution in [3.05, 3.63) is 70.3 Å². The summed E-state index contributed by atoms with van der Waals surface area (Å²) in [5.74, 6) is -9.36. The normalized spacial score (nSPS) is 11.8. The molecule has 0 aliphatic heterocycles. The Morgan fingerprint density at radius 3 is 2.04 bits per heavy atom. The van der Waals surface area contributed by atoms with Crippen molar-refractivity contribution in [3.8, 4) is 0 Å². The molecule has 2 rings (SSSR count). The van der Waals surface area contributed by atoms with Crippen molar-refractivity contribution >= 4 is 11.9 Å². The fourth-order valence-electron chi connectivity index (χ4n) is 2.36. The smallest absolute Gasteiger partial charge is 0.328 e. The van der Waals surface area contributed by atoms with E-state index in [4.69, 9.17) is 0 Å². The molecule has 2 aromatic carbocycles. The molecule has 0 fully saturated rings. The van der Waals surface area contributed by atoms with Crippen LogP contribution < -0.4 is 5.32 Å². The molecule has 0 aromatic heterocycles. The Labute approximate surface area is 146 Å². The Hall–Kier alpha value is -2.90. The third-order valence-corrected chi connectivity index (χ3v) is 3.78. The van der Waals surface area contributed by atoms with E-state index in [1.165, 1.54) is 0 Å². The molecular formula is C18H15F4NO3. The van der Waals surface area contributed by atoms with Gasteiger partial charge in [0.05, 0.1) is 7.11 Å². The monoisotopic (exact) mass is 369 g/mol. The van der Waals surface area contributed by atoms with Crippen LogP contribution in [0.5, 0.6) is 0 Å². The van der Waals surface area contributed by atoms with E-state index in [2.05, 4.69) is 10.1 Å². The van der Waals surface area contributed by atoms with Crippen LogP contribution in [0.15, 0.2) is 30.3 Å². The topological polar surface area (TPSA) is 55.4 Å². The van der Waals surface area contributed by atoms with E-state index in [1.54, 1.807) is 30.3 Å². The van der Waals surface area contributed by atoms with Crippen molar-refractivity contribution in [2.75, 3.05) is 7.11 Å². The summed E-state index contributed by atoms with van der Waals surface area (Å²) >= 11 is 0. The lowest BCUT2D eigenvalue weighted by Gasteiger charge is -2.17. The average Bonchev–Trinajstić information content (AvgIpc) is 2.64. The van der Waals surface area contributed by atoms with Crippen LogP contribution in [-0.2, 0) is 16.0 Å². The van der Waals surface area contributed by atoms with E-state index >= 15 is 0 Å². The Morgan fingerprint density at radius 2 is 1.54 bits per heavy atom. The highest BCUT2D eigenvalue weighted by molar-refractivity contribution is 5.97. The minimum atomic E-state index is -1.83. The van der Waals surface area contributed by atoms with Crippen molar-refractivity contribution in [2.45, 2.75) is 19.4 Å². The fraction of sp³-hybridized carbons (Fsp3) is 0.222. The minimum absolute atomic E-state index is 0.0423. The van der Waals surface area contributed by atoms with Gasteiger partial charge in [-0.1, -0.05) is 30.3 Å². The molecule has 2 aromatic rings. The number of carbonyl (C=O) groups excluding carboxylic acids is 2. The summed E-state index contributed by atoms with van der Waals surface area (Å²) in [4.78, 5) is 24.1. The number of benzene rings is 2. The predicted octanol–water partition coefficient (Wildman–Crippen LogP) is 3.07. The largest absolute Gasteiger partial charge is 0.467 e. The maximum absolute atomic E-state index is 14.0. The van der Waals surface area contributed by atoms with Crippen LogP contribution in [0.3, 0.4) is 0 Å². The summed E-state index contributed by atoms with van der Waals surface area (Å²) in [5, 5.41) is 2.06. The second kappa shape index (κ2) is 7.99. The third kappa shape index (κ3) is 3.84. The number of esters is 1. The lowest BCUT2D eigenvalue weighted by Crippen LogP contribution is -2.43. The summed E-state index contributed by atoms with van der Waals surface area (Å²) in [6, 6.07) is 7.13. The first-order chi connectivity index (χ1) is 12.3. The number of hydrogen-bond acceptors (Lipinski definition) is 3. The molecule has 0 radical (unpaired) electrons. The first-order valence-corrected chi connectivity index (χ1v) is 7.53. The van der Waals surface area contributed by atoms with Crippen molar-refractivity contribution in [3.63, 3.8) is 0 Å². The summed E-state index contributed by atoms with van der Waals surface area (Å²) in [5.41, 5.74) is -1.69. The second-order valence-corrected chi connectivity index (χ2v) is 5.49.